The highest BCUT2D eigenvalue weighted by molar-refractivity contribution is 5.62. The number of nitrogens with one attached hydrogen (secondary N) is 2. The fourth-order valence-electron chi connectivity index (χ4n) is 1.71. The molecule has 0 bridgehead atoms. The molecule has 1 fully saturated rings. The third kappa shape index (κ3) is 1.79. The molecule has 82 valence electrons. The molecule has 2 heterocycles. The molecule has 0 aliphatic carbocycles. The molecule has 0 spiro atoms. The van der Waals surface area contributed by atoms with Gasteiger partial charge in [0.25, 0.3) is 0 Å². The van der Waals surface area contributed by atoms with Crippen molar-refractivity contribution < 1.29 is 4.74 Å². The topological polar surface area (TPSA) is 49.9 Å². The molecule has 2 N–H and O–H groups in total. The van der Waals surface area contributed by atoms with E-state index in [1.54, 1.807) is 6.33 Å². The summed E-state index contributed by atoms with van der Waals surface area (Å²) in [5, 5.41) is 3.40. The predicted molar refractivity (Wildman–Crippen MR) is 62.3 cm³/mol. The lowest BCUT2D eigenvalue weighted by Gasteiger charge is -2.27. The number of hydrogen-bond donors (Lipinski definition) is 2. The monoisotopic (exact) mass is 215 g/mol. The molecule has 4 nitrogen and oxygen atoms in total. The Morgan fingerprint density at radius 2 is 2.06 bits per heavy atom. The first-order chi connectivity index (χ1) is 7.92. The van der Waals surface area contributed by atoms with E-state index in [-0.39, 0.29) is 0 Å². The van der Waals surface area contributed by atoms with E-state index < -0.39 is 0 Å². The zero-order valence-corrected chi connectivity index (χ0v) is 8.81. The smallest absolute Gasteiger partial charge is 0.0924 e. The van der Waals surface area contributed by atoms with Gasteiger partial charge in [0.05, 0.1) is 37.5 Å². The molecule has 4 heteroatoms. The van der Waals surface area contributed by atoms with Gasteiger partial charge in [-0.1, -0.05) is 12.1 Å². The van der Waals surface area contributed by atoms with Crippen molar-refractivity contribution in [3.8, 4) is 11.3 Å². The normalized spacial score (nSPS) is 15.8. The Bertz CT molecular complexity index is 446. The van der Waals surface area contributed by atoms with Gasteiger partial charge in [-0.25, -0.2) is 4.98 Å². The average Bonchev–Trinajstić information content (AvgIpc) is 2.78. The number of hydrogen-bond acceptors (Lipinski definition) is 3. The van der Waals surface area contributed by atoms with Crippen LogP contribution < -0.4 is 5.32 Å². The third-order valence-corrected chi connectivity index (χ3v) is 2.70. The Kier molecular flexibility index (Phi) is 2.34. The standard InChI is InChI=1S/C12H13N3O/c1-3-10(15-11-6-16-7-11)4-2-9(1)12-5-13-8-14-12/h1-5,8,11,15H,6-7H2,(H,13,14). The van der Waals surface area contributed by atoms with Crippen LogP contribution >= 0.6 is 0 Å². The Balaban J connectivity index is 1.74. The molecule has 0 radical (unpaired) electrons. The minimum atomic E-state index is 0.470. The summed E-state index contributed by atoms with van der Waals surface area (Å²) in [6, 6.07) is 8.78. The zero-order chi connectivity index (χ0) is 10.8. The molecule has 1 aromatic heterocycles. The number of nitrogens with zero attached hydrogens (tertiary/aromatic N) is 1. The number of imidazole rings is 1. The third-order valence-electron chi connectivity index (χ3n) is 2.70. The number of aromatic amines is 1. The maximum Gasteiger partial charge on any atom is 0.0924 e. The molecule has 3 rings (SSSR count). The molecule has 1 aliphatic heterocycles. The minimum absolute atomic E-state index is 0.470. The lowest BCUT2D eigenvalue weighted by Crippen LogP contribution is -2.40. The molecular formula is C12H13N3O. The fourth-order valence-corrected chi connectivity index (χ4v) is 1.71. The van der Waals surface area contributed by atoms with Crippen molar-refractivity contribution in [3.05, 3.63) is 36.8 Å². The molecule has 0 atom stereocenters. The summed E-state index contributed by atoms with van der Waals surface area (Å²) in [5.41, 5.74) is 3.32. The summed E-state index contributed by atoms with van der Waals surface area (Å²) in [7, 11) is 0. The maximum absolute atomic E-state index is 5.11. The second-order valence-corrected chi connectivity index (χ2v) is 3.92. The number of rotatable bonds is 3. The Morgan fingerprint density at radius 3 is 2.62 bits per heavy atom. The van der Waals surface area contributed by atoms with Crippen LogP contribution in [0.1, 0.15) is 0 Å². The highest BCUT2D eigenvalue weighted by Gasteiger charge is 2.17. The van der Waals surface area contributed by atoms with Crippen molar-refractivity contribution in [1.82, 2.24) is 9.97 Å². The van der Waals surface area contributed by atoms with Crippen molar-refractivity contribution in [2.24, 2.45) is 0 Å². The quantitative estimate of drug-likeness (QED) is 0.822. The van der Waals surface area contributed by atoms with Gasteiger partial charge in [-0.2, -0.15) is 0 Å². The highest BCUT2D eigenvalue weighted by atomic mass is 16.5. The summed E-state index contributed by atoms with van der Waals surface area (Å²) in [6.45, 7) is 1.62. The highest BCUT2D eigenvalue weighted by Crippen LogP contribution is 2.20. The van der Waals surface area contributed by atoms with Gasteiger partial charge >= 0.3 is 0 Å². The Hall–Kier alpha value is -1.81. The average molecular weight is 215 g/mol. The van der Waals surface area contributed by atoms with Gasteiger partial charge in [0.1, 0.15) is 0 Å². The molecular weight excluding hydrogens is 202 g/mol. The summed E-state index contributed by atoms with van der Waals surface area (Å²) in [4.78, 5) is 7.09. The summed E-state index contributed by atoms with van der Waals surface area (Å²) >= 11 is 0. The molecule has 0 unspecified atom stereocenters. The first-order valence-electron chi connectivity index (χ1n) is 5.35. The van der Waals surface area contributed by atoms with Crippen LogP contribution in [0.4, 0.5) is 5.69 Å². The predicted octanol–water partition coefficient (Wildman–Crippen LogP) is 1.89. The van der Waals surface area contributed by atoms with Gasteiger partial charge in [0.15, 0.2) is 0 Å². The summed E-state index contributed by atoms with van der Waals surface area (Å²) < 4.78 is 5.11. The van der Waals surface area contributed by atoms with Crippen molar-refractivity contribution in [2.75, 3.05) is 18.5 Å². The second kappa shape index (κ2) is 3.98. The molecule has 1 aliphatic rings. The van der Waals surface area contributed by atoms with E-state index in [4.69, 9.17) is 4.74 Å². The largest absolute Gasteiger partial charge is 0.378 e. The van der Waals surface area contributed by atoms with E-state index in [1.807, 2.05) is 6.20 Å². The summed E-state index contributed by atoms with van der Waals surface area (Å²) in [5.74, 6) is 0. The van der Waals surface area contributed by atoms with Gasteiger partial charge in [-0.05, 0) is 17.7 Å². The van der Waals surface area contributed by atoms with E-state index in [2.05, 4.69) is 39.6 Å². The maximum atomic E-state index is 5.11. The molecule has 1 saturated heterocycles. The van der Waals surface area contributed by atoms with E-state index in [9.17, 15) is 0 Å². The van der Waals surface area contributed by atoms with Crippen LogP contribution in [0.25, 0.3) is 11.3 Å². The van der Waals surface area contributed by atoms with Crippen LogP contribution in [-0.4, -0.2) is 29.2 Å². The second-order valence-electron chi connectivity index (χ2n) is 3.92. The number of benzene rings is 1. The molecule has 16 heavy (non-hydrogen) atoms. The van der Waals surface area contributed by atoms with E-state index in [0.717, 1.165) is 30.2 Å². The van der Waals surface area contributed by atoms with Crippen molar-refractivity contribution >= 4 is 5.69 Å². The first kappa shape index (κ1) is 9.42. The number of H-pyrrole nitrogens is 1. The van der Waals surface area contributed by atoms with Crippen LogP contribution in [0.15, 0.2) is 36.8 Å². The lowest BCUT2D eigenvalue weighted by atomic mass is 10.1. The molecule has 0 saturated carbocycles. The van der Waals surface area contributed by atoms with E-state index in [1.165, 1.54) is 0 Å². The molecule has 0 amide bonds. The van der Waals surface area contributed by atoms with Crippen LogP contribution in [0.5, 0.6) is 0 Å². The fraction of sp³-hybridized carbons (Fsp3) is 0.250. The van der Waals surface area contributed by atoms with Gasteiger partial charge in [0, 0.05) is 5.69 Å². The number of aromatic nitrogens is 2. The van der Waals surface area contributed by atoms with Crippen LogP contribution in [-0.2, 0) is 4.74 Å². The Labute approximate surface area is 93.7 Å². The number of anilines is 1. The van der Waals surface area contributed by atoms with Crippen LogP contribution in [0.2, 0.25) is 0 Å². The number of ether oxygens (including phenoxy) is 1. The first-order valence-corrected chi connectivity index (χ1v) is 5.35. The molecule has 1 aromatic carbocycles. The summed E-state index contributed by atoms with van der Waals surface area (Å²) in [6.07, 6.45) is 3.51. The SMILES string of the molecule is c1ncc(-c2ccc(NC3COC3)cc2)[nH]1. The van der Waals surface area contributed by atoms with Crippen LogP contribution in [0, 0.1) is 0 Å². The lowest BCUT2D eigenvalue weighted by molar-refractivity contribution is 0.0211. The van der Waals surface area contributed by atoms with E-state index in [0.29, 0.717) is 6.04 Å². The molecule has 2 aromatic rings. The van der Waals surface area contributed by atoms with Gasteiger partial charge in [0.2, 0.25) is 0 Å². The van der Waals surface area contributed by atoms with Crippen molar-refractivity contribution in [1.29, 1.82) is 0 Å². The van der Waals surface area contributed by atoms with Crippen LogP contribution in [0.3, 0.4) is 0 Å². The van der Waals surface area contributed by atoms with Gasteiger partial charge in [-0.3, -0.25) is 0 Å². The van der Waals surface area contributed by atoms with E-state index >= 15 is 0 Å². The minimum Gasteiger partial charge on any atom is -0.378 e. The van der Waals surface area contributed by atoms with Crippen molar-refractivity contribution in [3.63, 3.8) is 0 Å². The van der Waals surface area contributed by atoms with Gasteiger partial charge < -0.3 is 15.0 Å². The van der Waals surface area contributed by atoms with Gasteiger partial charge in [-0.15, -0.1) is 0 Å². The Morgan fingerprint density at radius 1 is 1.25 bits per heavy atom. The van der Waals surface area contributed by atoms with Crippen molar-refractivity contribution in [2.45, 2.75) is 6.04 Å². The zero-order valence-electron chi connectivity index (χ0n) is 8.81.